The summed E-state index contributed by atoms with van der Waals surface area (Å²) in [4.78, 5) is 28.6. The highest BCUT2D eigenvalue weighted by Gasteiger charge is 2.22. The van der Waals surface area contributed by atoms with Crippen molar-refractivity contribution in [3.8, 4) is 0 Å². The Kier molecular flexibility index (Phi) is 5.68. The second-order valence-electron chi connectivity index (χ2n) is 5.63. The molecule has 0 spiro atoms. The van der Waals surface area contributed by atoms with Crippen LogP contribution in [0.1, 0.15) is 42.3 Å². The lowest BCUT2D eigenvalue weighted by molar-refractivity contribution is 0.0691. The first-order valence-electron chi connectivity index (χ1n) is 6.54. The molecular weight excluding hydrogens is 292 g/mol. The number of carboxylic acids is 1. The van der Waals surface area contributed by atoms with Gasteiger partial charge in [0.05, 0.1) is 6.04 Å². The summed E-state index contributed by atoms with van der Waals surface area (Å²) in [5, 5.41) is 16.4. The summed E-state index contributed by atoms with van der Waals surface area (Å²) in [7, 11) is 3.90. The van der Waals surface area contributed by atoms with Crippen LogP contribution < -0.4 is 10.6 Å². The van der Waals surface area contributed by atoms with E-state index in [1.807, 2.05) is 32.8 Å². The average molecular weight is 314 g/mol. The van der Waals surface area contributed by atoms with E-state index in [9.17, 15) is 9.59 Å². The van der Waals surface area contributed by atoms with E-state index in [2.05, 4.69) is 15.6 Å². The molecule has 8 heteroatoms. The molecule has 118 valence electrons. The smallest absolute Gasteiger partial charge is 0.355 e. The summed E-state index contributed by atoms with van der Waals surface area (Å²) in [6.45, 7) is 6.31. The van der Waals surface area contributed by atoms with Gasteiger partial charge in [-0.2, -0.15) is 0 Å². The Morgan fingerprint density at radius 1 is 1.48 bits per heavy atom. The molecule has 0 aliphatic rings. The third-order valence-corrected chi connectivity index (χ3v) is 4.38. The molecule has 1 aromatic rings. The van der Waals surface area contributed by atoms with Crippen LogP contribution in [-0.2, 0) is 0 Å². The zero-order valence-corrected chi connectivity index (χ0v) is 13.7. The van der Waals surface area contributed by atoms with Crippen molar-refractivity contribution >= 4 is 23.3 Å². The number of likely N-dealkylation sites (N-methyl/N-ethyl adjacent to an activating group) is 1. The molecule has 7 nitrogen and oxygen atoms in total. The van der Waals surface area contributed by atoms with Crippen LogP contribution >= 0.6 is 11.3 Å². The number of nitrogens with zero attached hydrogens (tertiary/aromatic N) is 2. The number of thiazole rings is 1. The number of hydrogen-bond donors (Lipinski definition) is 3. The highest BCUT2D eigenvalue weighted by molar-refractivity contribution is 7.09. The number of carbonyl (C=O) groups is 2. The first kappa shape index (κ1) is 17.4. The molecule has 0 aromatic carbocycles. The standard InChI is InChI=1S/C13H22N4O3S/c1-8(10-16-9(6-21-10)11(18)19)15-12(20)14-7-13(2,3)17(4)5/h6,8H,7H2,1-5H3,(H,18,19)(H2,14,15,20). The summed E-state index contributed by atoms with van der Waals surface area (Å²) in [5.41, 5.74) is -0.157. The van der Waals surface area contributed by atoms with E-state index >= 15 is 0 Å². The number of amides is 2. The van der Waals surface area contributed by atoms with Gasteiger partial charge in [0.25, 0.3) is 0 Å². The van der Waals surface area contributed by atoms with Gasteiger partial charge in [-0.3, -0.25) is 0 Å². The van der Waals surface area contributed by atoms with Crippen LogP contribution in [0.5, 0.6) is 0 Å². The van der Waals surface area contributed by atoms with E-state index in [4.69, 9.17) is 5.11 Å². The summed E-state index contributed by atoms with van der Waals surface area (Å²) in [6.07, 6.45) is 0. The Hall–Kier alpha value is -1.67. The number of urea groups is 1. The molecule has 0 saturated carbocycles. The number of hydrogen-bond acceptors (Lipinski definition) is 5. The molecule has 3 N–H and O–H groups in total. The minimum atomic E-state index is -1.07. The van der Waals surface area contributed by atoms with Crippen molar-refractivity contribution in [3.63, 3.8) is 0 Å². The Bertz CT molecular complexity index is 513. The Morgan fingerprint density at radius 2 is 2.10 bits per heavy atom. The molecular formula is C13H22N4O3S. The minimum Gasteiger partial charge on any atom is -0.476 e. The van der Waals surface area contributed by atoms with Crippen molar-refractivity contribution in [1.82, 2.24) is 20.5 Å². The zero-order valence-electron chi connectivity index (χ0n) is 12.9. The number of carbonyl (C=O) groups excluding carboxylic acids is 1. The van der Waals surface area contributed by atoms with Crippen LogP contribution in [0.4, 0.5) is 4.79 Å². The van der Waals surface area contributed by atoms with E-state index in [0.717, 1.165) is 0 Å². The molecule has 1 atom stereocenters. The average Bonchev–Trinajstić information content (AvgIpc) is 2.86. The molecule has 0 radical (unpaired) electrons. The van der Waals surface area contributed by atoms with Crippen molar-refractivity contribution in [2.45, 2.75) is 32.4 Å². The molecule has 1 aromatic heterocycles. The molecule has 1 rings (SSSR count). The van der Waals surface area contributed by atoms with Crippen molar-refractivity contribution in [3.05, 3.63) is 16.1 Å². The second kappa shape index (κ2) is 6.86. The zero-order chi connectivity index (χ0) is 16.2. The lowest BCUT2D eigenvalue weighted by atomic mass is 10.1. The fourth-order valence-electron chi connectivity index (χ4n) is 1.35. The number of nitrogens with one attached hydrogen (secondary N) is 2. The van der Waals surface area contributed by atoms with Gasteiger partial charge < -0.3 is 20.6 Å². The summed E-state index contributed by atoms with van der Waals surface area (Å²) in [6, 6.07) is -0.643. The molecule has 2 amide bonds. The molecule has 21 heavy (non-hydrogen) atoms. The van der Waals surface area contributed by atoms with Gasteiger partial charge in [0, 0.05) is 17.5 Å². The molecule has 0 fully saturated rings. The quantitative estimate of drug-likeness (QED) is 0.740. The highest BCUT2D eigenvalue weighted by Crippen LogP contribution is 2.17. The SMILES string of the molecule is CC(NC(=O)NCC(C)(C)N(C)C)c1nc(C(=O)O)cs1. The summed E-state index contributed by atoms with van der Waals surface area (Å²) < 4.78 is 0. The van der Waals surface area contributed by atoms with Crippen LogP contribution in [0.15, 0.2) is 5.38 Å². The molecule has 0 aliphatic carbocycles. The fourth-order valence-corrected chi connectivity index (χ4v) is 2.15. The third kappa shape index (κ3) is 4.98. The molecule has 1 heterocycles. The minimum absolute atomic E-state index is 0.00204. The van der Waals surface area contributed by atoms with Crippen LogP contribution in [0, 0.1) is 0 Å². The lowest BCUT2D eigenvalue weighted by Gasteiger charge is -2.32. The van der Waals surface area contributed by atoms with Gasteiger partial charge in [-0.1, -0.05) is 0 Å². The predicted octanol–water partition coefficient (Wildman–Crippen LogP) is 1.54. The maximum atomic E-state index is 11.9. The molecule has 1 unspecified atom stereocenters. The topological polar surface area (TPSA) is 94.6 Å². The van der Waals surface area contributed by atoms with Gasteiger partial charge in [0.1, 0.15) is 5.01 Å². The predicted molar refractivity (Wildman–Crippen MR) is 81.8 cm³/mol. The number of aromatic carboxylic acids is 1. The van der Waals surface area contributed by atoms with Crippen LogP contribution in [0.25, 0.3) is 0 Å². The van der Waals surface area contributed by atoms with Crippen molar-refractivity contribution in [2.24, 2.45) is 0 Å². The highest BCUT2D eigenvalue weighted by atomic mass is 32.1. The van der Waals surface area contributed by atoms with Gasteiger partial charge in [-0.25, -0.2) is 14.6 Å². The van der Waals surface area contributed by atoms with Crippen molar-refractivity contribution in [2.75, 3.05) is 20.6 Å². The Morgan fingerprint density at radius 3 is 2.57 bits per heavy atom. The van der Waals surface area contributed by atoms with Crippen molar-refractivity contribution < 1.29 is 14.7 Å². The Balaban J connectivity index is 2.52. The third-order valence-electron chi connectivity index (χ3n) is 3.35. The lowest BCUT2D eigenvalue weighted by Crippen LogP contribution is -2.50. The summed E-state index contributed by atoms with van der Waals surface area (Å²) >= 11 is 1.21. The fraction of sp³-hybridized carbons (Fsp3) is 0.615. The number of rotatable bonds is 6. The normalized spacial score (nSPS) is 13.0. The first-order valence-corrected chi connectivity index (χ1v) is 7.42. The number of aromatic nitrogens is 1. The largest absolute Gasteiger partial charge is 0.476 e. The van der Waals surface area contributed by atoms with Crippen LogP contribution in [0.2, 0.25) is 0 Å². The molecule has 0 saturated heterocycles. The van der Waals surface area contributed by atoms with E-state index in [1.165, 1.54) is 16.7 Å². The van der Waals surface area contributed by atoms with Crippen LogP contribution in [0.3, 0.4) is 0 Å². The maximum absolute atomic E-state index is 11.9. The molecule has 0 bridgehead atoms. The van der Waals surface area contributed by atoms with E-state index in [0.29, 0.717) is 11.6 Å². The number of carboxylic acid groups (broad SMARTS) is 1. The van der Waals surface area contributed by atoms with E-state index < -0.39 is 5.97 Å². The first-order chi connectivity index (χ1) is 9.63. The van der Waals surface area contributed by atoms with E-state index in [-0.39, 0.29) is 23.3 Å². The van der Waals surface area contributed by atoms with Gasteiger partial charge >= 0.3 is 12.0 Å². The van der Waals surface area contributed by atoms with Crippen LogP contribution in [-0.4, -0.2) is 53.2 Å². The van der Waals surface area contributed by atoms with Crippen molar-refractivity contribution in [1.29, 1.82) is 0 Å². The van der Waals surface area contributed by atoms with Gasteiger partial charge in [0.15, 0.2) is 5.69 Å². The Labute approximate surface area is 128 Å². The molecule has 0 aliphatic heterocycles. The summed E-state index contributed by atoms with van der Waals surface area (Å²) in [5.74, 6) is -1.07. The maximum Gasteiger partial charge on any atom is 0.355 e. The van der Waals surface area contributed by atoms with Gasteiger partial charge in [-0.15, -0.1) is 11.3 Å². The monoisotopic (exact) mass is 314 g/mol. The van der Waals surface area contributed by atoms with Gasteiger partial charge in [0.2, 0.25) is 0 Å². The van der Waals surface area contributed by atoms with E-state index in [1.54, 1.807) is 6.92 Å². The second-order valence-corrected chi connectivity index (χ2v) is 6.52. The van der Waals surface area contributed by atoms with Gasteiger partial charge in [-0.05, 0) is 34.9 Å².